The minimum absolute atomic E-state index is 0.0919. The summed E-state index contributed by atoms with van der Waals surface area (Å²) < 4.78 is 5.15. The number of ether oxygens (including phenoxy) is 1. The summed E-state index contributed by atoms with van der Waals surface area (Å²) in [6.07, 6.45) is 3.77. The van der Waals surface area contributed by atoms with E-state index in [2.05, 4.69) is 47.8 Å². The molecule has 160 valence electrons. The van der Waals surface area contributed by atoms with E-state index < -0.39 is 0 Å². The molecule has 0 bridgehead atoms. The Morgan fingerprint density at radius 3 is 2.23 bits per heavy atom. The minimum Gasteiger partial charge on any atom is -0.497 e. The Bertz CT molecular complexity index is 960. The minimum atomic E-state index is -0.0919. The Labute approximate surface area is 184 Å². The smallest absolute Gasteiger partial charge is 0.255 e. The van der Waals surface area contributed by atoms with Crippen molar-refractivity contribution in [2.75, 3.05) is 25.5 Å². The number of amides is 1. The van der Waals surface area contributed by atoms with Gasteiger partial charge in [0.05, 0.1) is 20.2 Å². The molecular formula is C27H31N2O2+. The van der Waals surface area contributed by atoms with Crippen molar-refractivity contribution in [1.29, 1.82) is 0 Å². The largest absolute Gasteiger partial charge is 0.497 e. The topological polar surface area (TPSA) is 42.8 Å². The van der Waals surface area contributed by atoms with Crippen LogP contribution in [0.1, 0.15) is 34.3 Å². The summed E-state index contributed by atoms with van der Waals surface area (Å²) in [4.78, 5) is 14.1. The van der Waals surface area contributed by atoms with Crippen LogP contribution in [0.4, 0.5) is 5.69 Å². The van der Waals surface area contributed by atoms with E-state index >= 15 is 0 Å². The first-order valence-corrected chi connectivity index (χ1v) is 11.1. The van der Waals surface area contributed by atoms with Crippen LogP contribution in [0.25, 0.3) is 0 Å². The van der Waals surface area contributed by atoms with E-state index in [0.717, 1.165) is 23.9 Å². The molecule has 1 heterocycles. The highest BCUT2D eigenvalue weighted by Gasteiger charge is 2.22. The zero-order chi connectivity index (χ0) is 21.5. The van der Waals surface area contributed by atoms with Crippen LogP contribution in [0.15, 0.2) is 78.9 Å². The lowest BCUT2D eigenvalue weighted by Crippen LogP contribution is -3.11. The van der Waals surface area contributed by atoms with Crippen molar-refractivity contribution in [3.8, 4) is 5.75 Å². The number of hydrogen-bond donors (Lipinski definition) is 2. The van der Waals surface area contributed by atoms with Crippen LogP contribution in [0, 0.1) is 5.92 Å². The predicted octanol–water partition coefficient (Wildman–Crippen LogP) is 3.99. The summed E-state index contributed by atoms with van der Waals surface area (Å²) in [5, 5.41) is 2.94. The number of benzene rings is 3. The molecule has 2 N–H and O–H groups in total. The zero-order valence-electron chi connectivity index (χ0n) is 18.1. The molecule has 4 heteroatoms. The van der Waals surface area contributed by atoms with Crippen LogP contribution in [-0.4, -0.2) is 26.1 Å². The molecule has 1 aliphatic rings. The van der Waals surface area contributed by atoms with Gasteiger partial charge in [-0.15, -0.1) is 0 Å². The molecule has 0 atom stereocenters. The van der Waals surface area contributed by atoms with E-state index in [1.165, 1.54) is 43.5 Å². The SMILES string of the molecule is COc1ccc(NC(=O)c2ccc(C[NH+]3CCC(Cc4ccccc4)CC3)cc2)cc1. The number of anilines is 1. The first-order chi connectivity index (χ1) is 15.2. The molecule has 31 heavy (non-hydrogen) atoms. The highest BCUT2D eigenvalue weighted by molar-refractivity contribution is 6.04. The molecule has 3 aromatic carbocycles. The van der Waals surface area contributed by atoms with Crippen LogP contribution >= 0.6 is 0 Å². The van der Waals surface area contributed by atoms with Gasteiger partial charge in [0.1, 0.15) is 12.3 Å². The number of likely N-dealkylation sites (tertiary alicyclic amines) is 1. The monoisotopic (exact) mass is 415 g/mol. The number of carbonyl (C=O) groups is 1. The van der Waals surface area contributed by atoms with Crippen LogP contribution in [0.3, 0.4) is 0 Å². The van der Waals surface area contributed by atoms with Gasteiger partial charge in [-0.25, -0.2) is 0 Å². The van der Waals surface area contributed by atoms with Crippen molar-refractivity contribution >= 4 is 11.6 Å². The molecule has 0 saturated carbocycles. The van der Waals surface area contributed by atoms with E-state index in [-0.39, 0.29) is 5.91 Å². The molecule has 0 aliphatic carbocycles. The fraction of sp³-hybridized carbons (Fsp3) is 0.296. The van der Waals surface area contributed by atoms with Crippen LogP contribution < -0.4 is 15.0 Å². The van der Waals surface area contributed by atoms with Crippen molar-refractivity contribution in [1.82, 2.24) is 0 Å². The van der Waals surface area contributed by atoms with Crippen LogP contribution in [-0.2, 0) is 13.0 Å². The first-order valence-electron chi connectivity index (χ1n) is 11.1. The third-order valence-electron chi connectivity index (χ3n) is 6.20. The Hall–Kier alpha value is -3.11. The lowest BCUT2D eigenvalue weighted by molar-refractivity contribution is -0.919. The number of piperidine rings is 1. The number of carbonyl (C=O) groups excluding carboxylic acids is 1. The van der Waals surface area contributed by atoms with E-state index in [9.17, 15) is 4.79 Å². The summed E-state index contributed by atoms with van der Waals surface area (Å²) in [7, 11) is 1.63. The summed E-state index contributed by atoms with van der Waals surface area (Å²) in [5.74, 6) is 1.48. The van der Waals surface area contributed by atoms with E-state index in [4.69, 9.17) is 4.74 Å². The maximum Gasteiger partial charge on any atom is 0.255 e. The first kappa shape index (κ1) is 21.1. The second-order valence-corrected chi connectivity index (χ2v) is 8.44. The molecule has 3 aromatic rings. The molecule has 0 unspecified atom stereocenters. The predicted molar refractivity (Wildman–Crippen MR) is 125 cm³/mol. The van der Waals surface area contributed by atoms with Crippen molar-refractivity contribution < 1.29 is 14.4 Å². The third kappa shape index (κ3) is 5.96. The fourth-order valence-electron chi connectivity index (χ4n) is 4.35. The highest BCUT2D eigenvalue weighted by atomic mass is 16.5. The maximum atomic E-state index is 12.5. The van der Waals surface area contributed by atoms with Gasteiger partial charge in [-0.2, -0.15) is 0 Å². The van der Waals surface area contributed by atoms with Gasteiger partial charge in [0.2, 0.25) is 0 Å². The maximum absolute atomic E-state index is 12.5. The number of hydrogen-bond acceptors (Lipinski definition) is 2. The quantitative estimate of drug-likeness (QED) is 0.613. The molecule has 0 radical (unpaired) electrons. The van der Waals surface area contributed by atoms with E-state index in [1.54, 1.807) is 12.0 Å². The van der Waals surface area contributed by atoms with Crippen LogP contribution in [0.5, 0.6) is 5.75 Å². The Morgan fingerprint density at radius 2 is 1.58 bits per heavy atom. The lowest BCUT2D eigenvalue weighted by atomic mass is 9.90. The van der Waals surface area contributed by atoms with E-state index in [1.807, 2.05) is 36.4 Å². The fourth-order valence-corrected chi connectivity index (χ4v) is 4.35. The van der Waals surface area contributed by atoms with Crippen molar-refractivity contribution in [3.05, 3.63) is 95.6 Å². The summed E-state index contributed by atoms with van der Waals surface area (Å²) in [6.45, 7) is 3.47. The molecule has 0 aromatic heterocycles. The average Bonchev–Trinajstić information content (AvgIpc) is 2.82. The lowest BCUT2D eigenvalue weighted by Gasteiger charge is -2.29. The van der Waals surface area contributed by atoms with Crippen molar-refractivity contribution in [2.45, 2.75) is 25.8 Å². The molecule has 4 nitrogen and oxygen atoms in total. The molecule has 4 rings (SSSR count). The van der Waals surface area contributed by atoms with Gasteiger partial charge >= 0.3 is 0 Å². The standard InChI is InChI=1S/C27H30N2O2/c1-31-26-13-11-25(12-14-26)28-27(30)24-9-7-23(8-10-24)20-29-17-15-22(16-18-29)19-21-5-3-2-4-6-21/h2-14,22H,15-20H2,1H3,(H,28,30)/p+1. The third-order valence-corrected chi connectivity index (χ3v) is 6.20. The second kappa shape index (κ2) is 10.3. The molecular weight excluding hydrogens is 384 g/mol. The normalized spacial score (nSPS) is 18.4. The Morgan fingerprint density at radius 1 is 0.903 bits per heavy atom. The zero-order valence-corrected chi connectivity index (χ0v) is 18.1. The summed E-state index contributed by atoms with van der Waals surface area (Å²) in [5.41, 5.74) is 4.19. The number of nitrogens with one attached hydrogen (secondary N) is 2. The van der Waals surface area contributed by atoms with Gasteiger partial charge in [0, 0.05) is 16.8 Å². The van der Waals surface area contributed by atoms with Gasteiger partial charge in [0.15, 0.2) is 0 Å². The molecule has 1 fully saturated rings. The van der Waals surface area contributed by atoms with Gasteiger partial charge in [-0.05, 0) is 67.1 Å². The Balaban J connectivity index is 1.25. The van der Waals surface area contributed by atoms with E-state index in [0.29, 0.717) is 5.56 Å². The summed E-state index contributed by atoms with van der Waals surface area (Å²) in [6, 6.07) is 26.2. The number of methoxy groups -OCH3 is 1. The van der Waals surface area contributed by atoms with Gasteiger partial charge < -0.3 is 15.0 Å². The average molecular weight is 416 g/mol. The van der Waals surface area contributed by atoms with Gasteiger partial charge in [-0.1, -0.05) is 42.5 Å². The summed E-state index contributed by atoms with van der Waals surface area (Å²) >= 11 is 0. The molecule has 1 saturated heterocycles. The molecule has 1 amide bonds. The van der Waals surface area contributed by atoms with Gasteiger partial charge in [-0.3, -0.25) is 4.79 Å². The molecule has 1 aliphatic heterocycles. The molecule has 0 spiro atoms. The number of quaternary nitrogens is 1. The van der Waals surface area contributed by atoms with Gasteiger partial charge in [0.25, 0.3) is 5.91 Å². The number of rotatable bonds is 7. The Kier molecular flexibility index (Phi) is 7.00. The van der Waals surface area contributed by atoms with Crippen molar-refractivity contribution in [2.24, 2.45) is 5.92 Å². The second-order valence-electron chi connectivity index (χ2n) is 8.44. The highest BCUT2D eigenvalue weighted by Crippen LogP contribution is 2.18. The van der Waals surface area contributed by atoms with Crippen LogP contribution in [0.2, 0.25) is 0 Å². The van der Waals surface area contributed by atoms with Crippen molar-refractivity contribution in [3.63, 3.8) is 0 Å².